The molecule has 2 saturated carbocycles. The van der Waals surface area contributed by atoms with E-state index in [1.165, 1.54) is 0 Å². The number of carbonyl (C=O) groups excluding carboxylic acids is 1. The predicted molar refractivity (Wildman–Crippen MR) is 82.1 cm³/mol. The maximum atomic E-state index is 12.6. The smallest absolute Gasteiger partial charge is 0.294 e. The lowest BCUT2D eigenvalue weighted by Crippen LogP contribution is -2.38. The Bertz CT molecular complexity index is 511. The minimum atomic E-state index is -5.66. The third-order valence-corrected chi connectivity index (χ3v) is 8.32. The Morgan fingerprint density at radius 1 is 1.04 bits per heavy atom. The average Bonchev–Trinajstić information content (AvgIpc) is 2.70. The normalized spacial score (nSPS) is 26.2. The SMILES string of the molecule is O=C1CCCC1[S+](CC1CCCCCC1)OS(=O)(=O)C(F)(F)F. The molecular formula is C14H22F3O4S2+. The molecule has 0 saturated heterocycles. The van der Waals surface area contributed by atoms with Crippen molar-refractivity contribution in [3.63, 3.8) is 0 Å². The molecule has 2 rings (SSSR count). The topological polar surface area (TPSA) is 60.4 Å². The summed E-state index contributed by atoms with van der Waals surface area (Å²) in [5.74, 6) is 0.211. The van der Waals surface area contributed by atoms with Gasteiger partial charge in [0.1, 0.15) is 5.75 Å². The monoisotopic (exact) mass is 375 g/mol. The van der Waals surface area contributed by atoms with E-state index in [0.29, 0.717) is 19.3 Å². The van der Waals surface area contributed by atoms with Crippen LogP contribution in [0.4, 0.5) is 13.2 Å². The summed E-state index contributed by atoms with van der Waals surface area (Å²) in [5.41, 5.74) is -5.44. The highest BCUT2D eigenvalue weighted by atomic mass is 32.3. The number of rotatable bonds is 5. The van der Waals surface area contributed by atoms with Crippen LogP contribution in [0.3, 0.4) is 0 Å². The van der Waals surface area contributed by atoms with Crippen LogP contribution in [0.2, 0.25) is 0 Å². The van der Waals surface area contributed by atoms with Crippen molar-refractivity contribution >= 4 is 27.1 Å². The first-order chi connectivity index (χ1) is 10.7. The van der Waals surface area contributed by atoms with Gasteiger partial charge in [-0.2, -0.15) is 21.6 Å². The molecule has 0 spiro atoms. The van der Waals surface area contributed by atoms with Crippen LogP contribution < -0.4 is 0 Å². The summed E-state index contributed by atoms with van der Waals surface area (Å²) < 4.78 is 65.2. The van der Waals surface area contributed by atoms with E-state index in [-0.39, 0.29) is 17.5 Å². The Morgan fingerprint density at radius 2 is 1.65 bits per heavy atom. The van der Waals surface area contributed by atoms with Crippen molar-refractivity contribution in [1.82, 2.24) is 0 Å². The van der Waals surface area contributed by atoms with E-state index in [4.69, 9.17) is 0 Å². The number of alkyl halides is 3. The fourth-order valence-electron chi connectivity index (χ4n) is 3.17. The molecule has 2 aliphatic carbocycles. The summed E-state index contributed by atoms with van der Waals surface area (Å²) in [5, 5.41) is -0.699. The van der Waals surface area contributed by atoms with Crippen LogP contribution in [-0.4, -0.2) is 30.7 Å². The zero-order valence-electron chi connectivity index (χ0n) is 12.8. The molecule has 0 heterocycles. The van der Waals surface area contributed by atoms with Gasteiger partial charge in [-0.25, -0.2) is 0 Å². The second-order valence-electron chi connectivity index (χ2n) is 6.22. The van der Waals surface area contributed by atoms with Gasteiger partial charge in [0.15, 0.2) is 17.0 Å². The van der Waals surface area contributed by atoms with Crippen LogP contribution in [0.5, 0.6) is 0 Å². The van der Waals surface area contributed by atoms with Gasteiger partial charge in [-0.1, -0.05) is 25.7 Å². The molecule has 2 fully saturated rings. The molecule has 2 aliphatic rings. The molecule has 0 aliphatic heterocycles. The van der Waals surface area contributed by atoms with Crippen LogP contribution in [0.15, 0.2) is 0 Å². The molecule has 0 aromatic heterocycles. The Labute approximate surface area is 137 Å². The van der Waals surface area contributed by atoms with Crippen molar-refractivity contribution in [3.05, 3.63) is 0 Å². The number of carbonyl (C=O) groups is 1. The minimum absolute atomic E-state index is 0.137. The van der Waals surface area contributed by atoms with Gasteiger partial charge < -0.3 is 0 Å². The molecule has 23 heavy (non-hydrogen) atoms. The van der Waals surface area contributed by atoms with E-state index < -0.39 is 32.1 Å². The first-order valence-electron chi connectivity index (χ1n) is 7.94. The highest BCUT2D eigenvalue weighted by Gasteiger charge is 2.55. The summed E-state index contributed by atoms with van der Waals surface area (Å²) in [6, 6.07) is 0. The second-order valence-corrected chi connectivity index (χ2v) is 9.80. The van der Waals surface area contributed by atoms with E-state index in [9.17, 15) is 26.4 Å². The van der Waals surface area contributed by atoms with Gasteiger partial charge in [0.05, 0.1) is 0 Å². The van der Waals surface area contributed by atoms with Crippen molar-refractivity contribution in [2.45, 2.75) is 68.5 Å². The van der Waals surface area contributed by atoms with Gasteiger partial charge in [0.25, 0.3) is 0 Å². The number of ketones is 1. The third-order valence-electron chi connectivity index (χ3n) is 4.40. The maximum absolute atomic E-state index is 12.6. The quantitative estimate of drug-likeness (QED) is 0.419. The summed E-state index contributed by atoms with van der Waals surface area (Å²) in [6.07, 6.45) is 7.20. The maximum Gasteiger partial charge on any atom is 0.527 e. The van der Waals surface area contributed by atoms with Gasteiger partial charge in [-0.3, -0.25) is 4.79 Å². The fourth-order valence-corrected chi connectivity index (χ4v) is 6.87. The zero-order chi connectivity index (χ0) is 17.1. The van der Waals surface area contributed by atoms with Crippen molar-refractivity contribution < 1.29 is 30.0 Å². The molecular weight excluding hydrogens is 353 g/mol. The molecule has 0 aromatic rings. The Hall–Kier alpha value is -0.280. The summed E-state index contributed by atoms with van der Waals surface area (Å²) in [4.78, 5) is 11.9. The average molecular weight is 375 g/mol. The predicted octanol–water partition coefficient (Wildman–Crippen LogP) is 3.48. The van der Waals surface area contributed by atoms with E-state index >= 15 is 0 Å². The van der Waals surface area contributed by atoms with E-state index in [1.807, 2.05) is 0 Å². The lowest BCUT2D eigenvalue weighted by atomic mass is 10.0. The van der Waals surface area contributed by atoms with E-state index in [1.54, 1.807) is 0 Å². The van der Waals surface area contributed by atoms with Gasteiger partial charge >= 0.3 is 15.6 Å². The summed E-state index contributed by atoms with van der Waals surface area (Å²) in [7, 11) is -5.66. The largest absolute Gasteiger partial charge is 0.527 e. The second kappa shape index (κ2) is 7.74. The van der Waals surface area contributed by atoms with Crippen molar-refractivity contribution in [2.75, 3.05) is 5.75 Å². The zero-order valence-corrected chi connectivity index (χ0v) is 14.4. The Kier molecular flexibility index (Phi) is 6.41. The lowest BCUT2D eigenvalue weighted by Gasteiger charge is -2.17. The van der Waals surface area contributed by atoms with Crippen LogP contribution in [-0.2, 0) is 29.7 Å². The van der Waals surface area contributed by atoms with Crippen LogP contribution >= 0.6 is 0 Å². The van der Waals surface area contributed by atoms with Crippen molar-refractivity contribution in [1.29, 1.82) is 0 Å². The molecule has 0 amide bonds. The standard InChI is InChI=1S/C14H22F3O4S2/c15-14(16,17)23(19,20)21-22(13-9-5-8-12(13)18)10-11-6-3-1-2-4-7-11/h11,13H,1-10H2/q+1. The molecule has 0 N–H and O–H groups in total. The van der Waals surface area contributed by atoms with Crippen molar-refractivity contribution in [3.8, 4) is 0 Å². The van der Waals surface area contributed by atoms with E-state index in [0.717, 1.165) is 38.5 Å². The van der Waals surface area contributed by atoms with Crippen molar-refractivity contribution in [2.24, 2.45) is 5.92 Å². The van der Waals surface area contributed by atoms with Gasteiger partial charge in [-0.15, -0.1) is 0 Å². The number of hydrogen-bond acceptors (Lipinski definition) is 4. The molecule has 0 bridgehead atoms. The highest BCUT2D eigenvalue weighted by molar-refractivity contribution is 8.03. The highest BCUT2D eigenvalue weighted by Crippen LogP contribution is 2.34. The van der Waals surface area contributed by atoms with Crippen LogP contribution in [0, 0.1) is 5.92 Å². The fraction of sp³-hybridized carbons (Fsp3) is 0.929. The lowest BCUT2D eigenvalue weighted by molar-refractivity contribution is -0.117. The van der Waals surface area contributed by atoms with Gasteiger partial charge in [0.2, 0.25) is 5.25 Å². The number of hydrogen-bond donors (Lipinski definition) is 0. The first kappa shape index (κ1) is 19.1. The van der Waals surface area contributed by atoms with E-state index in [2.05, 4.69) is 3.63 Å². The summed E-state index contributed by atoms with van der Waals surface area (Å²) in [6.45, 7) is 0. The van der Waals surface area contributed by atoms with Crippen LogP contribution in [0.25, 0.3) is 0 Å². The molecule has 4 nitrogen and oxygen atoms in total. The Morgan fingerprint density at radius 3 is 2.13 bits per heavy atom. The molecule has 0 aromatic carbocycles. The van der Waals surface area contributed by atoms with Crippen LogP contribution in [0.1, 0.15) is 57.8 Å². The van der Waals surface area contributed by atoms with Gasteiger partial charge in [0, 0.05) is 18.8 Å². The molecule has 2 atom stereocenters. The first-order valence-corrected chi connectivity index (χ1v) is 10.7. The number of Topliss-reactive ketones (excluding diaryl/α,β-unsaturated/α-hetero) is 1. The Balaban J connectivity index is 2.13. The molecule has 9 heteroatoms. The summed E-state index contributed by atoms with van der Waals surface area (Å²) >= 11 is -1.51. The molecule has 134 valence electrons. The minimum Gasteiger partial charge on any atom is -0.294 e. The third kappa shape index (κ3) is 5.09. The van der Waals surface area contributed by atoms with Gasteiger partial charge in [-0.05, 0) is 22.9 Å². The molecule has 2 unspecified atom stereocenters. The number of halogens is 3. The molecule has 0 radical (unpaired) electrons.